The summed E-state index contributed by atoms with van der Waals surface area (Å²) in [5.41, 5.74) is 0. The van der Waals surface area contributed by atoms with E-state index in [2.05, 4.69) is 55.4 Å². The first-order chi connectivity index (χ1) is 15.2. The quantitative estimate of drug-likeness (QED) is 0.118. The minimum absolute atomic E-state index is 0. The molecule has 0 aromatic rings. The van der Waals surface area contributed by atoms with Crippen molar-refractivity contribution in [2.45, 2.75) is 128 Å². The van der Waals surface area contributed by atoms with E-state index in [1.54, 1.807) is 47.0 Å². The molecule has 0 heterocycles. The van der Waals surface area contributed by atoms with Gasteiger partial charge in [-0.2, -0.15) is 64.0 Å². The molecule has 0 bridgehead atoms. The molecule has 0 aliphatic heterocycles. The standard InChI is InChI=1S/2C12H24S4.Ni/c2*1-5-9(6-2)15-11(13)12(14)16-10(7-3)8-4;/h2*9-10,13-14H,5-8H2,1-4H3;/p-4/b2*12-11-;. The summed E-state index contributed by atoms with van der Waals surface area (Å²) in [6.07, 6.45) is 9.33. The molecule has 0 aliphatic rings. The Kier molecular flexibility index (Phi) is 31.2. The average molecular weight is 648 g/mol. The monoisotopic (exact) mass is 646 g/mol. The van der Waals surface area contributed by atoms with E-state index in [0.29, 0.717) is 21.0 Å². The minimum Gasteiger partial charge on any atom is -0.774 e. The maximum atomic E-state index is 5.40. The Morgan fingerprint density at radius 2 is 0.515 bits per heavy atom. The molecule has 0 rings (SSSR count). The molecule has 202 valence electrons. The van der Waals surface area contributed by atoms with Crippen LogP contribution in [0.5, 0.6) is 0 Å². The number of thioether (sulfide) groups is 4. The van der Waals surface area contributed by atoms with Gasteiger partial charge in [0.15, 0.2) is 0 Å². The molecule has 0 radical (unpaired) electrons. The van der Waals surface area contributed by atoms with Gasteiger partial charge in [0, 0.05) is 37.5 Å². The molecule has 0 aromatic carbocycles. The Hall–Kier alpha value is 2.25. The summed E-state index contributed by atoms with van der Waals surface area (Å²) in [5.74, 6) is 0. The summed E-state index contributed by atoms with van der Waals surface area (Å²) in [5, 5.41) is 2.53. The van der Waals surface area contributed by atoms with Crippen LogP contribution < -0.4 is 0 Å². The van der Waals surface area contributed by atoms with Gasteiger partial charge >= 0.3 is 0 Å². The molecule has 33 heavy (non-hydrogen) atoms. The minimum atomic E-state index is 0. The molecule has 0 atom stereocenters. The van der Waals surface area contributed by atoms with E-state index in [9.17, 15) is 0 Å². The molecule has 0 unspecified atom stereocenters. The topological polar surface area (TPSA) is 0 Å². The fourth-order valence-corrected chi connectivity index (χ4v) is 8.34. The Morgan fingerprint density at radius 1 is 0.394 bits per heavy atom. The first-order valence-corrected chi connectivity index (χ1v) is 17.2. The van der Waals surface area contributed by atoms with Crippen LogP contribution in [0.3, 0.4) is 0 Å². The third-order valence-electron chi connectivity index (χ3n) is 5.07. The summed E-state index contributed by atoms with van der Waals surface area (Å²) in [4.78, 5) is 0. The van der Waals surface area contributed by atoms with Crippen LogP contribution in [0.4, 0.5) is 0 Å². The molecule has 0 fully saturated rings. The smallest absolute Gasteiger partial charge is 0.00680 e. The summed E-state index contributed by atoms with van der Waals surface area (Å²) >= 11 is 28.7. The van der Waals surface area contributed by atoms with E-state index in [1.165, 1.54) is 51.4 Å². The molecule has 0 aromatic heterocycles. The van der Waals surface area contributed by atoms with Gasteiger partial charge in [-0.1, -0.05) is 55.4 Å². The van der Waals surface area contributed by atoms with Crippen molar-refractivity contribution in [1.29, 1.82) is 0 Å². The number of hydrogen-bond donors (Lipinski definition) is 0. The summed E-state index contributed by atoms with van der Waals surface area (Å²) in [7, 11) is 0. The Morgan fingerprint density at radius 3 is 0.606 bits per heavy atom. The summed E-state index contributed by atoms with van der Waals surface area (Å²) < 4.78 is 3.72. The van der Waals surface area contributed by atoms with Crippen molar-refractivity contribution >= 4 is 97.6 Å². The van der Waals surface area contributed by atoms with Gasteiger partial charge in [0.1, 0.15) is 0 Å². The maximum Gasteiger partial charge on any atom is 0.00680 e. The Bertz CT molecular complexity index is 419. The van der Waals surface area contributed by atoms with Crippen LogP contribution in [-0.4, -0.2) is 21.0 Å². The van der Waals surface area contributed by atoms with Crippen LogP contribution in [0.25, 0.3) is 0 Å². The molecule has 0 saturated heterocycles. The van der Waals surface area contributed by atoms with Crippen LogP contribution in [0.2, 0.25) is 0 Å². The average Bonchev–Trinajstić information content (AvgIpc) is 2.82. The Labute approximate surface area is 256 Å². The summed E-state index contributed by atoms with van der Waals surface area (Å²) in [6.45, 7) is 17.7. The second-order valence-corrected chi connectivity index (χ2v) is 15.3. The van der Waals surface area contributed by atoms with E-state index < -0.39 is 0 Å². The van der Waals surface area contributed by atoms with Crippen LogP contribution >= 0.6 is 47.0 Å². The first kappa shape index (κ1) is 39.8. The van der Waals surface area contributed by atoms with Gasteiger partial charge in [0.2, 0.25) is 0 Å². The van der Waals surface area contributed by atoms with E-state index in [1.807, 2.05) is 0 Å². The molecule has 0 saturated carbocycles. The third-order valence-corrected chi connectivity index (χ3v) is 13.7. The van der Waals surface area contributed by atoms with Gasteiger partial charge in [-0.05, 0) is 51.4 Å². The van der Waals surface area contributed by atoms with Crippen molar-refractivity contribution in [3.8, 4) is 0 Å². The molecule has 0 N–H and O–H groups in total. The van der Waals surface area contributed by atoms with Crippen molar-refractivity contribution < 1.29 is 16.5 Å². The van der Waals surface area contributed by atoms with Crippen LogP contribution in [0.1, 0.15) is 107 Å². The van der Waals surface area contributed by atoms with Gasteiger partial charge < -0.3 is 50.5 Å². The van der Waals surface area contributed by atoms with Crippen molar-refractivity contribution in [2.75, 3.05) is 0 Å². The first-order valence-electron chi connectivity index (χ1n) is 12.0. The number of rotatable bonds is 16. The molecule has 9 heteroatoms. The van der Waals surface area contributed by atoms with Gasteiger partial charge in [-0.15, -0.1) is 0 Å². The largest absolute Gasteiger partial charge is 0.774 e. The van der Waals surface area contributed by atoms with Gasteiger partial charge in [-0.25, -0.2) is 0 Å². The van der Waals surface area contributed by atoms with Crippen LogP contribution in [0.15, 0.2) is 16.9 Å². The normalized spacial score (nSPS) is 13.0. The van der Waals surface area contributed by atoms with Crippen molar-refractivity contribution in [3.05, 3.63) is 16.9 Å². The van der Waals surface area contributed by atoms with E-state index in [-0.39, 0.29) is 16.5 Å². The molecule has 0 spiro atoms. The SMILES string of the molecule is CCC(CC)S/C([S-])=C(/[S-])SC(CC)CC.CCC(CC)S/C([S-])=C(/[S-])SC(CC)CC.[Ni]. The molecule has 0 nitrogen and oxygen atoms in total. The maximum absolute atomic E-state index is 5.40. The van der Waals surface area contributed by atoms with Crippen molar-refractivity contribution in [3.63, 3.8) is 0 Å². The van der Waals surface area contributed by atoms with Crippen molar-refractivity contribution in [2.24, 2.45) is 0 Å². The molecule has 0 aliphatic carbocycles. The van der Waals surface area contributed by atoms with E-state index >= 15 is 0 Å². The zero-order valence-corrected chi connectivity index (χ0v) is 29.1. The fourth-order valence-electron chi connectivity index (χ4n) is 2.62. The predicted octanol–water partition coefficient (Wildman–Crippen LogP) is 10.1. The molecule has 0 amide bonds. The molecular formula is C24H44NiS8-4. The fraction of sp³-hybridized carbons (Fsp3) is 0.833. The zero-order valence-electron chi connectivity index (χ0n) is 21.5. The van der Waals surface area contributed by atoms with Gasteiger partial charge in [-0.3, -0.25) is 0 Å². The van der Waals surface area contributed by atoms with Gasteiger partial charge in [0.05, 0.1) is 0 Å². The number of hydrogen-bond acceptors (Lipinski definition) is 8. The van der Waals surface area contributed by atoms with Crippen LogP contribution in [-0.2, 0) is 67.0 Å². The second-order valence-electron chi connectivity index (χ2n) is 7.38. The summed E-state index contributed by atoms with van der Waals surface area (Å²) in [6, 6.07) is 0. The van der Waals surface area contributed by atoms with E-state index in [0.717, 1.165) is 16.9 Å². The second kappa shape index (κ2) is 25.9. The zero-order chi connectivity index (χ0) is 25.1. The Balaban J connectivity index is -0.000000529. The predicted molar refractivity (Wildman–Crippen MR) is 171 cm³/mol. The van der Waals surface area contributed by atoms with Crippen molar-refractivity contribution in [1.82, 2.24) is 0 Å². The van der Waals surface area contributed by atoms with Gasteiger partial charge in [0.25, 0.3) is 0 Å². The van der Waals surface area contributed by atoms with E-state index in [4.69, 9.17) is 50.5 Å². The van der Waals surface area contributed by atoms with Crippen LogP contribution in [0, 0.1) is 0 Å². The molecular weight excluding hydrogens is 603 g/mol. The third kappa shape index (κ3) is 20.0.